The molecule has 0 aliphatic carbocycles. The number of amidine groups is 1. The van der Waals surface area contributed by atoms with Crippen molar-refractivity contribution in [2.45, 2.75) is 54.5 Å². The Bertz CT molecular complexity index is 841. The summed E-state index contributed by atoms with van der Waals surface area (Å²) >= 11 is 0. The maximum absolute atomic E-state index is 5.45. The van der Waals surface area contributed by atoms with E-state index in [1.54, 1.807) is 34.6 Å². The standard InChI is InChI=1S/C22H28N4O2.C2H6O.2C2H6/c1-6-19(12-13-21(28-5)20(7-2)27-4)26-17(3)11-14-22(25-26)24-16-18-10-8-9-15-23-18;1-3-2;2*1-2/h6-11,13-15H,3,12,16H2,1-2,4-5H3,(H,24,25);1-2H3;2*1-2H3/b19-6-,20-7+,21-13+;;;. The van der Waals surface area contributed by atoms with Gasteiger partial charge in [0, 0.05) is 32.5 Å². The fourth-order valence-corrected chi connectivity index (χ4v) is 2.66. The fraction of sp³-hybridized carbons (Fsp3) is 0.429. The molecule has 0 spiro atoms. The van der Waals surface area contributed by atoms with Gasteiger partial charge in [0.1, 0.15) is 5.84 Å². The number of aromatic nitrogens is 1. The molecule has 0 unspecified atom stereocenters. The number of hydrogen-bond acceptors (Lipinski definition) is 6. The highest BCUT2D eigenvalue weighted by Gasteiger charge is 2.16. The van der Waals surface area contributed by atoms with Crippen molar-refractivity contribution in [2.24, 2.45) is 4.99 Å². The topological polar surface area (TPSA) is 68.2 Å². The Balaban J connectivity index is 0. The second-order valence-electron chi connectivity index (χ2n) is 6.32. The van der Waals surface area contributed by atoms with Gasteiger partial charge < -0.3 is 14.2 Å². The lowest BCUT2D eigenvalue weighted by atomic mass is 10.2. The molecule has 1 N–H and O–H groups in total. The Morgan fingerprint density at radius 1 is 1.00 bits per heavy atom. The molecule has 0 aromatic carbocycles. The lowest BCUT2D eigenvalue weighted by molar-refractivity contribution is 0.218. The van der Waals surface area contributed by atoms with Crippen molar-refractivity contribution in [1.29, 1.82) is 0 Å². The van der Waals surface area contributed by atoms with Gasteiger partial charge in [0.25, 0.3) is 0 Å². The molecule has 7 heteroatoms. The molecule has 35 heavy (non-hydrogen) atoms. The largest absolute Gasteiger partial charge is 0.493 e. The number of rotatable bonds is 8. The Labute approximate surface area is 213 Å². The van der Waals surface area contributed by atoms with Crippen molar-refractivity contribution < 1.29 is 14.2 Å². The van der Waals surface area contributed by atoms with E-state index in [9.17, 15) is 0 Å². The van der Waals surface area contributed by atoms with E-state index in [2.05, 4.69) is 26.7 Å². The van der Waals surface area contributed by atoms with E-state index >= 15 is 0 Å². The minimum atomic E-state index is 0.505. The number of ether oxygens (including phenoxy) is 3. The van der Waals surface area contributed by atoms with E-state index in [0.29, 0.717) is 24.5 Å². The summed E-state index contributed by atoms with van der Waals surface area (Å²) in [5.41, 5.74) is 6.07. The summed E-state index contributed by atoms with van der Waals surface area (Å²) in [5, 5.41) is 1.92. The summed E-state index contributed by atoms with van der Waals surface area (Å²) in [5.74, 6) is 2.13. The third-order valence-electron chi connectivity index (χ3n) is 4.15. The van der Waals surface area contributed by atoms with Crippen molar-refractivity contribution in [3.05, 3.63) is 90.0 Å². The molecule has 0 saturated heterocycles. The zero-order chi connectivity index (χ0) is 27.1. The Kier molecular flexibility index (Phi) is 21.7. The lowest BCUT2D eigenvalue weighted by Gasteiger charge is -2.31. The summed E-state index contributed by atoms with van der Waals surface area (Å²) in [6.45, 7) is 16.5. The fourth-order valence-electron chi connectivity index (χ4n) is 2.66. The number of hydrazine groups is 1. The van der Waals surface area contributed by atoms with Crippen LogP contribution < -0.4 is 5.43 Å². The maximum atomic E-state index is 5.45. The van der Waals surface area contributed by atoms with Gasteiger partial charge in [0.15, 0.2) is 11.5 Å². The molecular formula is C28H46N4O3. The minimum absolute atomic E-state index is 0.505. The maximum Gasteiger partial charge on any atom is 0.156 e. The molecule has 2 rings (SSSR count). The van der Waals surface area contributed by atoms with Crippen LogP contribution in [0.4, 0.5) is 0 Å². The molecule has 0 fully saturated rings. The highest BCUT2D eigenvalue weighted by molar-refractivity contribution is 5.94. The number of methoxy groups -OCH3 is 3. The molecule has 1 aromatic rings. The van der Waals surface area contributed by atoms with Crippen molar-refractivity contribution in [3.63, 3.8) is 0 Å². The van der Waals surface area contributed by atoms with Gasteiger partial charge in [0.05, 0.1) is 32.2 Å². The summed E-state index contributed by atoms with van der Waals surface area (Å²) in [6, 6.07) is 5.80. The number of nitrogens with one attached hydrogen (secondary N) is 1. The first kappa shape index (κ1) is 33.9. The summed E-state index contributed by atoms with van der Waals surface area (Å²) in [4.78, 5) is 8.90. The van der Waals surface area contributed by atoms with Gasteiger partial charge >= 0.3 is 0 Å². The first-order valence-electron chi connectivity index (χ1n) is 11.9. The summed E-state index contributed by atoms with van der Waals surface area (Å²) in [6.07, 6.45) is 12.1. The van der Waals surface area contributed by atoms with E-state index in [1.807, 2.05) is 95.1 Å². The Morgan fingerprint density at radius 2 is 1.63 bits per heavy atom. The quantitative estimate of drug-likeness (QED) is 0.331. The van der Waals surface area contributed by atoms with Crippen molar-refractivity contribution in [3.8, 4) is 0 Å². The zero-order valence-electron chi connectivity index (χ0n) is 23.4. The summed E-state index contributed by atoms with van der Waals surface area (Å²) < 4.78 is 15.0. The van der Waals surface area contributed by atoms with E-state index in [4.69, 9.17) is 9.47 Å². The molecule has 0 radical (unpaired) electrons. The van der Waals surface area contributed by atoms with Crippen LogP contribution >= 0.6 is 0 Å². The number of nitrogens with zero attached hydrogens (tertiary/aromatic N) is 3. The molecule has 1 aliphatic heterocycles. The van der Waals surface area contributed by atoms with Crippen LogP contribution in [0.25, 0.3) is 0 Å². The monoisotopic (exact) mass is 486 g/mol. The molecule has 0 bridgehead atoms. The third kappa shape index (κ3) is 13.2. The van der Waals surface area contributed by atoms with E-state index in [1.165, 1.54) is 0 Å². The van der Waals surface area contributed by atoms with Crippen LogP contribution in [0.3, 0.4) is 0 Å². The SMILES string of the molecule is C=C1C=CC(=NCc2ccccn2)NN1/C(=C\C)C/C=C(OC)\C(=C/C)OC.CC.CC.COC. The van der Waals surface area contributed by atoms with Gasteiger partial charge in [-0.1, -0.05) is 46.4 Å². The predicted octanol–water partition coefficient (Wildman–Crippen LogP) is 6.56. The van der Waals surface area contributed by atoms with Crippen LogP contribution in [0.1, 0.15) is 53.7 Å². The smallest absolute Gasteiger partial charge is 0.156 e. The number of aliphatic imine (C=N–C) groups is 1. The minimum Gasteiger partial charge on any atom is -0.493 e. The van der Waals surface area contributed by atoms with Crippen LogP contribution in [0.15, 0.2) is 89.3 Å². The normalized spacial score (nSPS) is 14.5. The lowest BCUT2D eigenvalue weighted by Crippen LogP contribution is -2.42. The summed E-state index contributed by atoms with van der Waals surface area (Å²) in [7, 11) is 6.51. The molecule has 0 saturated carbocycles. The van der Waals surface area contributed by atoms with Gasteiger partial charge in [-0.15, -0.1) is 0 Å². The van der Waals surface area contributed by atoms with Gasteiger partial charge in [-0.25, -0.2) is 0 Å². The molecule has 2 heterocycles. The van der Waals surface area contributed by atoms with Crippen LogP contribution in [0, 0.1) is 0 Å². The first-order valence-corrected chi connectivity index (χ1v) is 11.9. The zero-order valence-corrected chi connectivity index (χ0v) is 23.4. The Morgan fingerprint density at radius 3 is 2.11 bits per heavy atom. The molecule has 7 nitrogen and oxygen atoms in total. The van der Waals surface area contributed by atoms with Gasteiger partial charge in [-0.2, -0.15) is 0 Å². The van der Waals surface area contributed by atoms with Crippen LogP contribution in [0.5, 0.6) is 0 Å². The number of pyridine rings is 1. The van der Waals surface area contributed by atoms with E-state index in [-0.39, 0.29) is 0 Å². The van der Waals surface area contributed by atoms with Gasteiger partial charge in [0.2, 0.25) is 0 Å². The molecule has 196 valence electrons. The highest BCUT2D eigenvalue weighted by atomic mass is 16.5. The van der Waals surface area contributed by atoms with Crippen LogP contribution in [-0.2, 0) is 20.8 Å². The van der Waals surface area contributed by atoms with Crippen LogP contribution in [-0.4, -0.2) is 44.3 Å². The molecule has 1 aliphatic rings. The highest BCUT2D eigenvalue weighted by Crippen LogP contribution is 2.20. The number of hydrogen-bond donors (Lipinski definition) is 1. The van der Waals surface area contributed by atoms with Crippen molar-refractivity contribution in [1.82, 2.24) is 15.4 Å². The van der Waals surface area contributed by atoms with Crippen molar-refractivity contribution >= 4 is 5.84 Å². The Hall–Kier alpha value is -3.32. The second kappa shape index (κ2) is 22.5. The van der Waals surface area contributed by atoms with Crippen molar-refractivity contribution in [2.75, 3.05) is 28.4 Å². The van der Waals surface area contributed by atoms with Gasteiger partial charge in [-0.3, -0.25) is 20.4 Å². The molecule has 0 amide bonds. The molecule has 0 atom stereocenters. The van der Waals surface area contributed by atoms with E-state index < -0.39 is 0 Å². The average molecular weight is 487 g/mol. The molecular weight excluding hydrogens is 440 g/mol. The van der Waals surface area contributed by atoms with E-state index in [0.717, 1.165) is 22.9 Å². The first-order chi connectivity index (χ1) is 17.0. The second-order valence-corrected chi connectivity index (χ2v) is 6.32. The third-order valence-corrected chi connectivity index (χ3v) is 4.15. The number of allylic oxidation sites excluding steroid dienone is 4. The van der Waals surface area contributed by atoms with Gasteiger partial charge in [-0.05, 0) is 50.3 Å². The predicted molar refractivity (Wildman–Crippen MR) is 148 cm³/mol. The molecule has 1 aromatic heterocycles. The average Bonchev–Trinajstić information content (AvgIpc) is 2.92. The van der Waals surface area contributed by atoms with Crippen LogP contribution in [0.2, 0.25) is 0 Å².